The molecular formula is C12H16O2. The second-order valence-electron chi connectivity index (χ2n) is 4.23. The van der Waals surface area contributed by atoms with Gasteiger partial charge in [0.1, 0.15) is 5.76 Å². The number of aliphatic hydroxyl groups is 1. The van der Waals surface area contributed by atoms with E-state index in [0.717, 1.165) is 31.4 Å². The van der Waals surface area contributed by atoms with E-state index in [4.69, 9.17) is 4.42 Å². The molecule has 0 spiro atoms. The molecular weight excluding hydrogens is 176 g/mol. The molecule has 1 saturated carbocycles. The molecule has 1 aliphatic rings. The lowest BCUT2D eigenvalue weighted by atomic mass is 10.1. The Hall–Kier alpha value is -1.02. The van der Waals surface area contributed by atoms with Crippen LogP contribution in [0.15, 0.2) is 28.4 Å². The Kier molecular flexibility index (Phi) is 2.46. The number of allylic oxidation sites excluding steroid dienone is 1. The first-order valence-corrected chi connectivity index (χ1v) is 5.11. The van der Waals surface area contributed by atoms with Crippen LogP contribution in [0.25, 0.3) is 6.08 Å². The zero-order chi connectivity index (χ0) is 10.0. The van der Waals surface area contributed by atoms with Crippen molar-refractivity contribution >= 4 is 6.08 Å². The Bertz CT molecular complexity index is 318. The van der Waals surface area contributed by atoms with Gasteiger partial charge in [0.05, 0.1) is 11.9 Å². The fourth-order valence-corrected chi connectivity index (χ4v) is 1.51. The standard InChI is InChI=1S/C12H16O2/c1-10(4-5-12(13)6-7-12)9-11-3-2-8-14-11/h2-3,8-9,13H,4-7H2,1H3/b10-9+. The molecule has 76 valence electrons. The van der Waals surface area contributed by atoms with Crippen molar-refractivity contribution in [1.82, 2.24) is 0 Å². The first-order valence-electron chi connectivity index (χ1n) is 5.11. The minimum Gasteiger partial charge on any atom is -0.465 e. The van der Waals surface area contributed by atoms with Crippen molar-refractivity contribution in [3.8, 4) is 0 Å². The van der Waals surface area contributed by atoms with Gasteiger partial charge < -0.3 is 9.52 Å². The molecule has 2 rings (SSSR count). The van der Waals surface area contributed by atoms with E-state index >= 15 is 0 Å². The minimum atomic E-state index is -0.335. The molecule has 0 aliphatic heterocycles. The lowest BCUT2D eigenvalue weighted by Gasteiger charge is -2.06. The molecule has 0 amide bonds. The Morgan fingerprint density at radius 1 is 1.64 bits per heavy atom. The maximum atomic E-state index is 9.65. The van der Waals surface area contributed by atoms with Gasteiger partial charge in [0, 0.05) is 0 Å². The summed E-state index contributed by atoms with van der Waals surface area (Å²) in [4.78, 5) is 0. The van der Waals surface area contributed by atoms with Crippen molar-refractivity contribution in [1.29, 1.82) is 0 Å². The second kappa shape index (κ2) is 3.62. The topological polar surface area (TPSA) is 33.4 Å². The zero-order valence-electron chi connectivity index (χ0n) is 8.49. The quantitative estimate of drug-likeness (QED) is 0.795. The third-order valence-corrected chi connectivity index (χ3v) is 2.74. The summed E-state index contributed by atoms with van der Waals surface area (Å²) >= 11 is 0. The van der Waals surface area contributed by atoms with E-state index in [-0.39, 0.29) is 5.60 Å². The molecule has 1 aromatic rings. The summed E-state index contributed by atoms with van der Waals surface area (Å²) in [7, 11) is 0. The first kappa shape index (κ1) is 9.53. The molecule has 1 heterocycles. The van der Waals surface area contributed by atoms with Gasteiger partial charge in [0.15, 0.2) is 0 Å². The van der Waals surface area contributed by atoms with Gasteiger partial charge >= 0.3 is 0 Å². The van der Waals surface area contributed by atoms with Gasteiger partial charge in [0.2, 0.25) is 0 Å². The van der Waals surface area contributed by atoms with E-state index in [1.165, 1.54) is 5.57 Å². The minimum absolute atomic E-state index is 0.335. The molecule has 0 atom stereocenters. The SMILES string of the molecule is C/C(=C\c1ccco1)CCC1(O)CC1. The monoisotopic (exact) mass is 192 g/mol. The zero-order valence-corrected chi connectivity index (χ0v) is 8.49. The van der Waals surface area contributed by atoms with Crippen molar-refractivity contribution in [3.63, 3.8) is 0 Å². The van der Waals surface area contributed by atoms with Crippen LogP contribution in [-0.2, 0) is 0 Å². The van der Waals surface area contributed by atoms with E-state index in [1.807, 2.05) is 18.2 Å². The van der Waals surface area contributed by atoms with Crippen LogP contribution in [0.5, 0.6) is 0 Å². The van der Waals surface area contributed by atoms with E-state index in [0.29, 0.717) is 0 Å². The number of furan rings is 1. The molecule has 1 fully saturated rings. The molecule has 1 N–H and O–H groups in total. The summed E-state index contributed by atoms with van der Waals surface area (Å²) in [6.07, 6.45) is 7.49. The normalized spacial score (nSPS) is 19.7. The average molecular weight is 192 g/mol. The maximum Gasteiger partial charge on any atom is 0.126 e. The largest absolute Gasteiger partial charge is 0.465 e. The van der Waals surface area contributed by atoms with Crippen molar-refractivity contribution in [2.75, 3.05) is 0 Å². The average Bonchev–Trinajstić information content (AvgIpc) is 2.67. The molecule has 14 heavy (non-hydrogen) atoms. The van der Waals surface area contributed by atoms with Gasteiger partial charge in [0.25, 0.3) is 0 Å². The van der Waals surface area contributed by atoms with Crippen LogP contribution >= 0.6 is 0 Å². The van der Waals surface area contributed by atoms with Crippen molar-refractivity contribution < 1.29 is 9.52 Å². The molecule has 2 nitrogen and oxygen atoms in total. The molecule has 0 radical (unpaired) electrons. The van der Waals surface area contributed by atoms with Crippen LogP contribution in [0.4, 0.5) is 0 Å². The third kappa shape index (κ3) is 2.48. The van der Waals surface area contributed by atoms with Crippen molar-refractivity contribution in [2.24, 2.45) is 0 Å². The molecule has 0 unspecified atom stereocenters. The van der Waals surface area contributed by atoms with Gasteiger partial charge in [-0.1, -0.05) is 5.57 Å². The highest BCUT2D eigenvalue weighted by Crippen LogP contribution is 2.40. The third-order valence-electron chi connectivity index (χ3n) is 2.74. The smallest absolute Gasteiger partial charge is 0.126 e. The fourth-order valence-electron chi connectivity index (χ4n) is 1.51. The Labute approximate surface area is 84.2 Å². The lowest BCUT2D eigenvalue weighted by Crippen LogP contribution is -2.05. The summed E-state index contributed by atoms with van der Waals surface area (Å²) in [6, 6.07) is 3.82. The van der Waals surface area contributed by atoms with Gasteiger partial charge in [-0.2, -0.15) is 0 Å². The second-order valence-corrected chi connectivity index (χ2v) is 4.23. The van der Waals surface area contributed by atoms with Crippen LogP contribution in [0.3, 0.4) is 0 Å². The Morgan fingerprint density at radius 2 is 2.43 bits per heavy atom. The summed E-state index contributed by atoms with van der Waals surface area (Å²) in [6.45, 7) is 2.08. The van der Waals surface area contributed by atoms with Gasteiger partial charge in [-0.05, 0) is 50.8 Å². The number of hydrogen-bond donors (Lipinski definition) is 1. The lowest BCUT2D eigenvalue weighted by molar-refractivity contribution is 0.140. The van der Waals surface area contributed by atoms with Gasteiger partial charge in [-0.3, -0.25) is 0 Å². The van der Waals surface area contributed by atoms with Crippen LogP contribution in [0.1, 0.15) is 38.4 Å². The maximum absolute atomic E-state index is 9.65. The van der Waals surface area contributed by atoms with Crippen LogP contribution in [0.2, 0.25) is 0 Å². The molecule has 2 heteroatoms. The van der Waals surface area contributed by atoms with E-state index < -0.39 is 0 Å². The van der Waals surface area contributed by atoms with Gasteiger partial charge in [-0.15, -0.1) is 0 Å². The first-order chi connectivity index (χ1) is 6.68. The van der Waals surface area contributed by atoms with E-state index in [2.05, 4.69) is 6.92 Å². The van der Waals surface area contributed by atoms with E-state index in [9.17, 15) is 5.11 Å². The predicted octanol–water partition coefficient (Wildman–Crippen LogP) is 2.99. The number of rotatable bonds is 4. The highest BCUT2D eigenvalue weighted by molar-refractivity contribution is 5.46. The predicted molar refractivity (Wildman–Crippen MR) is 55.8 cm³/mol. The summed E-state index contributed by atoms with van der Waals surface area (Å²) < 4.78 is 5.21. The number of hydrogen-bond acceptors (Lipinski definition) is 2. The van der Waals surface area contributed by atoms with E-state index in [1.54, 1.807) is 6.26 Å². The Morgan fingerprint density at radius 3 is 3.00 bits per heavy atom. The summed E-state index contributed by atoms with van der Waals surface area (Å²) in [5.41, 5.74) is 0.929. The van der Waals surface area contributed by atoms with Crippen molar-refractivity contribution in [2.45, 2.75) is 38.2 Å². The van der Waals surface area contributed by atoms with Crippen molar-refractivity contribution in [3.05, 3.63) is 29.7 Å². The molecule has 0 bridgehead atoms. The molecule has 1 aliphatic carbocycles. The van der Waals surface area contributed by atoms with Gasteiger partial charge in [-0.25, -0.2) is 0 Å². The molecule has 0 aromatic carbocycles. The molecule has 1 aromatic heterocycles. The highest BCUT2D eigenvalue weighted by Gasteiger charge is 2.39. The summed E-state index contributed by atoms with van der Waals surface area (Å²) in [5.74, 6) is 0.894. The highest BCUT2D eigenvalue weighted by atomic mass is 16.3. The van der Waals surface area contributed by atoms with Crippen LogP contribution in [0, 0.1) is 0 Å². The van der Waals surface area contributed by atoms with Crippen LogP contribution in [-0.4, -0.2) is 10.7 Å². The van der Waals surface area contributed by atoms with Crippen LogP contribution < -0.4 is 0 Å². The Balaban J connectivity index is 1.85. The fraction of sp³-hybridized carbons (Fsp3) is 0.500. The molecule has 0 saturated heterocycles. The summed E-state index contributed by atoms with van der Waals surface area (Å²) in [5, 5.41) is 9.65.